The van der Waals surface area contributed by atoms with E-state index in [0.29, 0.717) is 6.29 Å². The predicted molar refractivity (Wildman–Crippen MR) is 65.5 cm³/mol. The topological polar surface area (TPSA) is 34.9 Å². The molecule has 1 aliphatic rings. The Morgan fingerprint density at radius 1 is 1.16 bits per heavy atom. The summed E-state index contributed by atoms with van der Waals surface area (Å²) in [7, 11) is 0. The largest absolute Gasteiger partial charge is 0.298 e. The normalized spacial score (nSPS) is 14.2. The van der Waals surface area contributed by atoms with Gasteiger partial charge in [0.05, 0.1) is 12.0 Å². The van der Waals surface area contributed by atoms with Crippen LogP contribution in [0.25, 0.3) is 5.69 Å². The van der Waals surface area contributed by atoms with Crippen LogP contribution in [0.4, 0.5) is 8.78 Å². The van der Waals surface area contributed by atoms with Crippen molar-refractivity contribution in [3.63, 3.8) is 0 Å². The van der Waals surface area contributed by atoms with Gasteiger partial charge in [-0.2, -0.15) is 0 Å². The second-order valence-electron chi connectivity index (χ2n) is 4.67. The number of nitrogens with zero attached hydrogens (tertiary/aromatic N) is 2. The van der Waals surface area contributed by atoms with Crippen molar-refractivity contribution in [1.82, 2.24) is 9.55 Å². The van der Waals surface area contributed by atoms with Crippen molar-refractivity contribution in [2.75, 3.05) is 0 Å². The van der Waals surface area contributed by atoms with Crippen LogP contribution in [0, 0.1) is 11.6 Å². The van der Waals surface area contributed by atoms with Crippen LogP contribution >= 0.6 is 0 Å². The molecular formula is C14H12F2N2O. The summed E-state index contributed by atoms with van der Waals surface area (Å²) in [5.74, 6) is -1.49. The first-order chi connectivity index (χ1) is 9.20. The smallest absolute Gasteiger partial charge is 0.150 e. The Balaban J connectivity index is 2.17. The molecule has 0 saturated heterocycles. The first kappa shape index (κ1) is 12.0. The zero-order chi connectivity index (χ0) is 13.4. The maximum absolute atomic E-state index is 14.0. The second kappa shape index (κ2) is 4.57. The Bertz CT molecular complexity index is 626. The number of fused-ring (bicyclic) bond motifs is 1. The molecule has 0 aliphatic heterocycles. The van der Waals surface area contributed by atoms with Crippen molar-refractivity contribution in [2.45, 2.75) is 25.7 Å². The lowest BCUT2D eigenvalue weighted by Gasteiger charge is -2.15. The van der Waals surface area contributed by atoms with E-state index in [1.807, 2.05) is 0 Å². The maximum Gasteiger partial charge on any atom is 0.150 e. The van der Waals surface area contributed by atoms with Gasteiger partial charge in [0.2, 0.25) is 0 Å². The molecule has 0 unspecified atom stereocenters. The highest BCUT2D eigenvalue weighted by Gasteiger charge is 2.20. The van der Waals surface area contributed by atoms with E-state index in [4.69, 9.17) is 0 Å². The molecule has 19 heavy (non-hydrogen) atoms. The van der Waals surface area contributed by atoms with Gasteiger partial charge in [0.15, 0.2) is 11.6 Å². The highest BCUT2D eigenvalue weighted by atomic mass is 19.1. The summed E-state index contributed by atoms with van der Waals surface area (Å²) < 4.78 is 29.4. The number of aryl methyl sites for hydroxylation is 1. The van der Waals surface area contributed by atoms with Crippen molar-refractivity contribution in [3.05, 3.63) is 47.0 Å². The molecule has 0 spiro atoms. The summed E-state index contributed by atoms with van der Waals surface area (Å²) in [6, 6.07) is 2.08. The highest BCUT2D eigenvalue weighted by molar-refractivity contribution is 5.75. The second-order valence-corrected chi connectivity index (χ2v) is 4.67. The standard InChI is InChI=1S/C14H12F2N2O/c15-10-5-9(7-19)6-11(16)14(10)18-8-17-12-3-1-2-4-13(12)18/h5-8H,1-4H2. The van der Waals surface area contributed by atoms with Crippen molar-refractivity contribution in [3.8, 4) is 5.69 Å². The van der Waals surface area contributed by atoms with Gasteiger partial charge in [0.1, 0.15) is 12.0 Å². The van der Waals surface area contributed by atoms with Crippen molar-refractivity contribution >= 4 is 6.29 Å². The van der Waals surface area contributed by atoms with Gasteiger partial charge in [0.25, 0.3) is 0 Å². The fourth-order valence-electron chi connectivity index (χ4n) is 2.55. The van der Waals surface area contributed by atoms with Crippen LogP contribution in [0.3, 0.4) is 0 Å². The molecule has 3 rings (SSSR count). The zero-order valence-electron chi connectivity index (χ0n) is 10.2. The van der Waals surface area contributed by atoms with Gasteiger partial charge in [0, 0.05) is 11.3 Å². The molecular weight excluding hydrogens is 250 g/mol. The molecule has 5 heteroatoms. The van der Waals surface area contributed by atoms with Crippen molar-refractivity contribution in [1.29, 1.82) is 0 Å². The fourth-order valence-corrected chi connectivity index (χ4v) is 2.55. The molecule has 1 aromatic carbocycles. The number of halogens is 2. The summed E-state index contributed by atoms with van der Waals surface area (Å²) in [5, 5.41) is 0. The van der Waals surface area contributed by atoms with E-state index in [2.05, 4.69) is 4.98 Å². The minimum Gasteiger partial charge on any atom is -0.298 e. The monoisotopic (exact) mass is 262 g/mol. The quantitative estimate of drug-likeness (QED) is 0.780. The number of imidazole rings is 1. The van der Waals surface area contributed by atoms with Gasteiger partial charge in [-0.1, -0.05) is 0 Å². The predicted octanol–water partition coefficient (Wildman–Crippen LogP) is 2.84. The molecule has 98 valence electrons. The van der Waals surface area contributed by atoms with E-state index in [1.165, 1.54) is 10.9 Å². The minimum atomic E-state index is -0.743. The van der Waals surface area contributed by atoms with E-state index in [-0.39, 0.29) is 11.3 Å². The van der Waals surface area contributed by atoms with E-state index >= 15 is 0 Å². The van der Waals surface area contributed by atoms with Crippen LogP contribution in [0.2, 0.25) is 0 Å². The van der Waals surface area contributed by atoms with Crippen LogP contribution in [0.1, 0.15) is 34.6 Å². The number of hydrogen-bond acceptors (Lipinski definition) is 2. The highest BCUT2D eigenvalue weighted by Crippen LogP contribution is 2.26. The molecule has 2 aromatic rings. The molecule has 0 atom stereocenters. The van der Waals surface area contributed by atoms with Crippen molar-refractivity contribution in [2.24, 2.45) is 0 Å². The Hall–Kier alpha value is -2.04. The van der Waals surface area contributed by atoms with Gasteiger partial charge in [-0.3, -0.25) is 9.36 Å². The SMILES string of the molecule is O=Cc1cc(F)c(-n2cnc3c2CCCC3)c(F)c1. The van der Waals surface area contributed by atoms with Crippen LogP contribution in [0.5, 0.6) is 0 Å². The summed E-state index contributed by atoms with van der Waals surface area (Å²) in [5.41, 5.74) is 1.61. The van der Waals surface area contributed by atoms with E-state index in [1.54, 1.807) is 0 Å². The molecule has 0 saturated carbocycles. The number of carbonyl (C=O) groups is 1. The van der Waals surface area contributed by atoms with Crippen LogP contribution in [-0.2, 0) is 12.8 Å². The first-order valence-electron chi connectivity index (χ1n) is 6.20. The number of carbonyl (C=O) groups excluding carboxylic acids is 1. The lowest BCUT2D eigenvalue weighted by atomic mass is 10.0. The van der Waals surface area contributed by atoms with Gasteiger partial charge >= 0.3 is 0 Å². The number of rotatable bonds is 2. The zero-order valence-corrected chi connectivity index (χ0v) is 10.2. The Labute approximate surface area is 108 Å². The van der Waals surface area contributed by atoms with Gasteiger partial charge in [-0.05, 0) is 37.8 Å². The number of aldehydes is 1. The Morgan fingerprint density at radius 2 is 1.84 bits per heavy atom. The molecule has 0 amide bonds. The summed E-state index contributed by atoms with van der Waals surface area (Å²) in [4.78, 5) is 14.8. The van der Waals surface area contributed by atoms with Crippen LogP contribution in [-0.4, -0.2) is 15.8 Å². The fraction of sp³-hybridized carbons (Fsp3) is 0.286. The summed E-state index contributed by atoms with van der Waals surface area (Å²) in [6.45, 7) is 0. The molecule has 1 aliphatic carbocycles. The number of aromatic nitrogens is 2. The number of hydrogen-bond donors (Lipinski definition) is 0. The van der Waals surface area contributed by atoms with E-state index in [9.17, 15) is 13.6 Å². The lowest BCUT2D eigenvalue weighted by molar-refractivity contribution is 0.112. The lowest BCUT2D eigenvalue weighted by Crippen LogP contribution is -2.10. The van der Waals surface area contributed by atoms with Gasteiger partial charge in [-0.15, -0.1) is 0 Å². The average Bonchev–Trinajstić information content (AvgIpc) is 2.82. The molecule has 1 aromatic heterocycles. The molecule has 0 radical (unpaired) electrons. The maximum atomic E-state index is 14.0. The van der Waals surface area contributed by atoms with Gasteiger partial charge in [-0.25, -0.2) is 13.8 Å². The van der Waals surface area contributed by atoms with Crippen LogP contribution in [0.15, 0.2) is 18.5 Å². The third-order valence-electron chi connectivity index (χ3n) is 3.45. The Kier molecular flexibility index (Phi) is 2.89. The van der Waals surface area contributed by atoms with Gasteiger partial charge < -0.3 is 0 Å². The minimum absolute atomic E-state index is 0.00673. The van der Waals surface area contributed by atoms with E-state index < -0.39 is 11.6 Å². The third kappa shape index (κ3) is 1.95. The summed E-state index contributed by atoms with van der Waals surface area (Å²) >= 11 is 0. The molecule has 0 bridgehead atoms. The average molecular weight is 262 g/mol. The number of benzene rings is 1. The molecule has 0 fully saturated rings. The molecule has 1 heterocycles. The molecule has 3 nitrogen and oxygen atoms in total. The third-order valence-corrected chi connectivity index (χ3v) is 3.45. The van der Waals surface area contributed by atoms with Crippen LogP contribution < -0.4 is 0 Å². The Morgan fingerprint density at radius 3 is 2.53 bits per heavy atom. The summed E-state index contributed by atoms with van der Waals surface area (Å²) in [6.07, 6.45) is 5.55. The first-order valence-corrected chi connectivity index (χ1v) is 6.20. The molecule has 0 N–H and O–H groups in total. The van der Waals surface area contributed by atoms with Crippen molar-refractivity contribution < 1.29 is 13.6 Å². The van der Waals surface area contributed by atoms with E-state index in [0.717, 1.165) is 49.2 Å².